The van der Waals surface area contributed by atoms with Crippen molar-refractivity contribution in [2.75, 3.05) is 39.3 Å². The average molecular weight is 566 g/mol. The third kappa shape index (κ3) is 6.69. The van der Waals surface area contributed by atoms with Gasteiger partial charge in [0.05, 0.1) is 6.54 Å². The molecule has 0 bridgehead atoms. The molecule has 28 heavy (non-hydrogen) atoms. The van der Waals surface area contributed by atoms with Gasteiger partial charge in [-0.15, -0.1) is 24.0 Å². The summed E-state index contributed by atoms with van der Waals surface area (Å²) < 4.78 is 1.05. The molecule has 7 heteroatoms. The maximum atomic E-state index is 13.0. The maximum Gasteiger partial charge on any atom is 0.236 e. The lowest BCUT2D eigenvalue weighted by atomic mass is 9.91. The fourth-order valence-electron chi connectivity index (χ4n) is 3.51. The molecule has 2 amide bonds. The zero-order valence-corrected chi connectivity index (χ0v) is 21.5. The second-order valence-electron chi connectivity index (χ2n) is 8.23. The first-order valence-corrected chi connectivity index (χ1v) is 10.4. The zero-order valence-electron chi connectivity index (χ0n) is 17.6. The number of benzene rings is 1. The first-order chi connectivity index (χ1) is 12.6. The number of amides is 2. The van der Waals surface area contributed by atoms with E-state index in [2.05, 4.69) is 60.7 Å². The van der Waals surface area contributed by atoms with Crippen LogP contribution in [0.15, 0.2) is 28.7 Å². The largest absolute Gasteiger partial charge is 0.339 e. The normalized spacial score (nSPS) is 15.0. The number of piperazine rings is 1. The van der Waals surface area contributed by atoms with Crippen molar-refractivity contribution >= 4 is 51.7 Å². The monoisotopic (exact) mass is 565 g/mol. The zero-order chi connectivity index (χ0) is 20.2. The second kappa shape index (κ2) is 10.9. The highest BCUT2D eigenvalue weighted by atomic mass is 127. The van der Waals surface area contributed by atoms with Crippen molar-refractivity contribution in [1.82, 2.24) is 14.7 Å². The van der Waals surface area contributed by atoms with Crippen molar-refractivity contribution in [2.45, 2.75) is 40.2 Å². The summed E-state index contributed by atoms with van der Waals surface area (Å²) in [7, 11) is 0. The molecule has 0 N–H and O–H groups in total. The summed E-state index contributed by atoms with van der Waals surface area (Å²) >= 11 is 3.49. The Morgan fingerprint density at radius 1 is 1.07 bits per heavy atom. The van der Waals surface area contributed by atoms with E-state index in [4.69, 9.17) is 0 Å². The lowest BCUT2D eigenvalue weighted by Gasteiger charge is -2.42. The van der Waals surface area contributed by atoms with Crippen LogP contribution in [0.4, 0.5) is 0 Å². The number of hydrogen-bond acceptors (Lipinski definition) is 3. The SMILES string of the molecule is CC(=O)N1CCN(C(=O)CN(CC(C)C)C(C)(C)c2ccc(Br)cc2)CC1.I. The summed E-state index contributed by atoms with van der Waals surface area (Å²) in [5.74, 6) is 0.686. The molecule has 0 radical (unpaired) electrons. The number of carbonyl (C=O) groups excluding carboxylic acids is 2. The minimum atomic E-state index is -0.248. The molecular formula is C21H33BrIN3O2. The summed E-state index contributed by atoms with van der Waals surface area (Å²) in [6.07, 6.45) is 0. The fraction of sp³-hybridized carbons (Fsp3) is 0.619. The highest BCUT2D eigenvalue weighted by Gasteiger charge is 2.32. The number of carbonyl (C=O) groups is 2. The minimum absolute atomic E-state index is 0. The Hall–Kier alpha value is -0.670. The molecule has 0 aliphatic carbocycles. The smallest absolute Gasteiger partial charge is 0.236 e. The van der Waals surface area contributed by atoms with Gasteiger partial charge in [-0.1, -0.05) is 41.9 Å². The van der Waals surface area contributed by atoms with Crippen molar-refractivity contribution in [3.8, 4) is 0 Å². The lowest BCUT2D eigenvalue weighted by molar-refractivity contribution is -0.140. The van der Waals surface area contributed by atoms with Gasteiger partial charge in [-0.05, 0) is 37.5 Å². The minimum Gasteiger partial charge on any atom is -0.339 e. The van der Waals surface area contributed by atoms with E-state index >= 15 is 0 Å². The van der Waals surface area contributed by atoms with Crippen molar-refractivity contribution in [3.05, 3.63) is 34.3 Å². The summed E-state index contributed by atoms with van der Waals surface area (Å²) in [6.45, 7) is 14.0. The van der Waals surface area contributed by atoms with Gasteiger partial charge in [0.15, 0.2) is 0 Å². The van der Waals surface area contributed by atoms with Gasteiger partial charge in [0, 0.05) is 49.7 Å². The van der Waals surface area contributed by atoms with Gasteiger partial charge < -0.3 is 9.80 Å². The predicted molar refractivity (Wildman–Crippen MR) is 128 cm³/mol. The molecule has 0 unspecified atom stereocenters. The van der Waals surface area contributed by atoms with Gasteiger partial charge in [0.25, 0.3) is 0 Å². The van der Waals surface area contributed by atoms with Crippen molar-refractivity contribution in [2.24, 2.45) is 5.92 Å². The van der Waals surface area contributed by atoms with Crippen LogP contribution in [0.5, 0.6) is 0 Å². The molecule has 5 nitrogen and oxygen atoms in total. The number of hydrogen-bond donors (Lipinski definition) is 0. The molecule has 0 saturated carbocycles. The quantitative estimate of drug-likeness (QED) is 0.491. The van der Waals surface area contributed by atoms with Gasteiger partial charge in [-0.2, -0.15) is 0 Å². The average Bonchev–Trinajstić information content (AvgIpc) is 2.61. The number of rotatable bonds is 6. The molecule has 0 spiro atoms. The third-order valence-electron chi connectivity index (χ3n) is 5.33. The summed E-state index contributed by atoms with van der Waals surface area (Å²) in [4.78, 5) is 30.4. The topological polar surface area (TPSA) is 43.9 Å². The van der Waals surface area contributed by atoms with E-state index in [1.54, 1.807) is 11.8 Å². The molecule has 0 atom stereocenters. The molecule has 1 saturated heterocycles. The van der Waals surface area contributed by atoms with E-state index in [9.17, 15) is 9.59 Å². The van der Waals surface area contributed by atoms with Crippen LogP contribution in [0, 0.1) is 5.92 Å². The van der Waals surface area contributed by atoms with Crippen LogP contribution < -0.4 is 0 Å². The fourth-order valence-corrected chi connectivity index (χ4v) is 3.77. The Balaban J connectivity index is 0.00000392. The van der Waals surface area contributed by atoms with E-state index in [0.717, 1.165) is 11.0 Å². The van der Waals surface area contributed by atoms with Gasteiger partial charge in [-0.25, -0.2) is 0 Å². The van der Waals surface area contributed by atoms with Crippen LogP contribution in [-0.4, -0.2) is 65.8 Å². The van der Waals surface area contributed by atoms with Crippen molar-refractivity contribution < 1.29 is 9.59 Å². The van der Waals surface area contributed by atoms with Gasteiger partial charge in [0.2, 0.25) is 11.8 Å². The van der Waals surface area contributed by atoms with Crippen LogP contribution >= 0.6 is 39.9 Å². The van der Waals surface area contributed by atoms with E-state index in [0.29, 0.717) is 38.6 Å². The Bertz CT molecular complexity index is 656. The molecule has 158 valence electrons. The Labute approximate surface area is 195 Å². The lowest BCUT2D eigenvalue weighted by Crippen LogP contribution is -2.54. The molecule has 1 heterocycles. The van der Waals surface area contributed by atoms with Crippen molar-refractivity contribution in [3.63, 3.8) is 0 Å². The molecule has 1 aromatic rings. The Kier molecular flexibility index (Phi) is 9.89. The molecule has 1 fully saturated rings. The highest BCUT2D eigenvalue weighted by molar-refractivity contribution is 14.0. The van der Waals surface area contributed by atoms with Gasteiger partial charge >= 0.3 is 0 Å². The van der Waals surface area contributed by atoms with Crippen LogP contribution in [0.25, 0.3) is 0 Å². The highest BCUT2D eigenvalue weighted by Crippen LogP contribution is 2.29. The summed E-state index contributed by atoms with van der Waals surface area (Å²) in [5, 5.41) is 0. The predicted octanol–water partition coefficient (Wildman–Crippen LogP) is 3.95. The third-order valence-corrected chi connectivity index (χ3v) is 5.86. The van der Waals surface area contributed by atoms with Crippen LogP contribution in [0.1, 0.15) is 40.2 Å². The number of nitrogens with zero attached hydrogens (tertiary/aromatic N) is 3. The van der Waals surface area contributed by atoms with E-state index in [1.807, 2.05) is 17.0 Å². The van der Waals surface area contributed by atoms with E-state index < -0.39 is 0 Å². The second-order valence-corrected chi connectivity index (χ2v) is 9.14. The summed E-state index contributed by atoms with van der Waals surface area (Å²) in [5.41, 5.74) is 0.947. The summed E-state index contributed by atoms with van der Waals surface area (Å²) in [6, 6.07) is 8.34. The van der Waals surface area contributed by atoms with Crippen LogP contribution in [-0.2, 0) is 15.1 Å². The molecule has 1 aromatic carbocycles. The van der Waals surface area contributed by atoms with Crippen LogP contribution in [0.2, 0.25) is 0 Å². The Morgan fingerprint density at radius 2 is 1.57 bits per heavy atom. The van der Waals surface area contributed by atoms with Gasteiger partial charge in [-0.3, -0.25) is 14.5 Å². The van der Waals surface area contributed by atoms with E-state index in [1.165, 1.54) is 5.56 Å². The van der Waals surface area contributed by atoms with E-state index in [-0.39, 0.29) is 41.3 Å². The first kappa shape index (κ1) is 25.4. The Morgan fingerprint density at radius 3 is 2.04 bits per heavy atom. The van der Waals surface area contributed by atoms with Gasteiger partial charge in [0.1, 0.15) is 0 Å². The molecule has 1 aliphatic rings. The molecule has 0 aromatic heterocycles. The number of halogens is 2. The molecule has 1 aliphatic heterocycles. The standard InChI is InChI=1S/C21H32BrN3O2.HI/c1-16(2)14-25(21(4,5)18-6-8-19(22)9-7-18)15-20(27)24-12-10-23(11-13-24)17(3)26;/h6-9,16H,10-15H2,1-5H3;1H. The maximum absolute atomic E-state index is 13.0. The molecular weight excluding hydrogens is 533 g/mol. The first-order valence-electron chi connectivity index (χ1n) is 9.65. The van der Waals surface area contributed by atoms with Crippen molar-refractivity contribution in [1.29, 1.82) is 0 Å². The van der Waals surface area contributed by atoms with Crippen LogP contribution in [0.3, 0.4) is 0 Å². The molecule has 2 rings (SSSR count).